The van der Waals surface area contributed by atoms with E-state index in [0.29, 0.717) is 16.6 Å². The molecule has 2 N–H and O–H groups in total. The second kappa shape index (κ2) is 9.09. The summed E-state index contributed by atoms with van der Waals surface area (Å²) in [6.45, 7) is 2.95. The van der Waals surface area contributed by atoms with Crippen LogP contribution in [0.15, 0.2) is 17.2 Å². The zero-order valence-corrected chi connectivity index (χ0v) is 14.2. The van der Waals surface area contributed by atoms with Crippen LogP contribution in [0.5, 0.6) is 17.2 Å². The molecule has 0 atom stereocenters. The molecule has 0 aromatic heterocycles. The number of hydrogen-bond acceptors (Lipinski definition) is 5. The zero-order valence-electron chi connectivity index (χ0n) is 13.4. The van der Waals surface area contributed by atoms with Crippen LogP contribution in [0.3, 0.4) is 0 Å². The number of nitrogens with zero attached hydrogens (tertiary/aromatic N) is 2. The van der Waals surface area contributed by atoms with E-state index >= 15 is 0 Å². The minimum atomic E-state index is -0.0349. The van der Waals surface area contributed by atoms with Crippen LogP contribution in [0.25, 0.3) is 0 Å². The number of hydrazone groups is 1. The summed E-state index contributed by atoms with van der Waals surface area (Å²) in [5.74, 6) is 0.617. The number of hydrogen-bond donors (Lipinski definition) is 2. The molecule has 0 heterocycles. The Morgan fingerprint density at radius 1 is 1.36 bits per heavy atom. The van der Waals surface area contributed by atoms with Gasteiger partial charge in [-0.1, -0.05) is 13.3 Å². The third-order valence-corrected chi connectivity index (χ3v) is 3.39. The lowest BCUT2D eigenvalue weighted by molar-refractivity contribution is 0.340. The first-order valence-electron chi connectivity index (χ1n) is 7.04. The Bertz CT molecular complexity index is 510. The van der Waals surface area contributed by atoms with Gasteiger partial charge in [0.15, 0.2) is 16.6 Å². The van der Waals surface area contributed by atoms with Gasteiger partial charge in [-0.3, -0.25) is 0 Å². The van der Waals surface area contributed by atoms with E-state index in [9.17, 15) is 5.11 Å². The maximum Gasteiger partial charge on any atom is 0.200 e. The Kier molecular flexibility index (Phi) is 7.45. The molecule has 1 aromatic carbocycles. The molecular formula is C15H23N3O3S. The van der Waals surface area contributed by atoms with Gasteiger partial charge in [-0.15, -0.1) is 0 Å². The summed E-state index contributed by atoms with van der Waals surface area (Å²) in [5, 5.41) is 19.4. The van der Waals surface area contributed by atoms with Crippen molar-refractivity contribution in [3.05, 3.63) is 17.7 Å². The molecule has 0 amide bonds. The molecule has 0 aliphatic carbocycles. The number of thiocarbonyl (C=S) groups is 1. The van der Waals surface area contributed by atoms with E-state index in [1.165, 1.54) is 14.2 Å². The summed E-state index contributed by atoms with van der Waals surface area (Å²) in [6.07, 6.45) is 3.79. The minimum Gasteiger partial charge on any atom is -0.502 e. The lowest BCUT2D eigenvalue weighted by Crippen LogP contribution is -2.34. The average Bonchev–Trinajstić information content (AvgIpc) is 2.53. The third kappa shape index (κ3) is 5.07. The van der Waals surface area contributed by atoms with Crippen LogP contribution in [0, 0.1) is 0 Å². The maximum atomic E-state index is 9.86. The van der Waals surface area contributed by atoms with Crippen molar-refractivity contribution in [2.45, 2.75) is 19.8 Å². The summed E-state index contributed by atoms with van der Waals surface area (Å²) in [7, 11) is 4.73. The van der Waals surface area contributed by atoms with E-state index < -0.39 is 0 Å². The van der Waals surface area contributed by atoms with E-state index in [-0.39, 0.29) is 5.75 Å². The first kappa shape index (κ1) is 18.0. The van der Waals surface area contributed by atoms with Gasteiger partial charge >= 0.3 is 0 Å². The Labute approximate surface area is 136 Å². The van der Waals surface area contributed by atoms with E-state index in [1.807, 2.05) is 0 Å². The van der Waals surface area contributed by atoms with E-state index in [0.717, 1.165) is 24.9 Å². The number of aromatic hydroxyl groups is 1. The molecule has 0 spiro atoms. The van der Waals surface area contributed by atoms with Gasteiger partial charge in [-0.05, 0) is 30.8 Å². The average molecular weight is 325 g/mol. The summed E-state index contributed by atoms with van der Waals surface area (Å²) < 4.78 is 10.2. The summed E-state index contributed by atoms with van der Waals surface area (Å²) in [5.41, 5.74) is 0.731. The van der Waals surface area contributed by atoms with E-state index in [2.05, 4.69) is 17.3 Å². The number of rotatable bonds is 7. The Balaban J connectivity index is 2.78. The quantitative estimate of drug-likeness (QED) is 0.347. The topological polar surface area (TPSA) is 66.3 Å². The minimum absolute atomic E-state index is 0.0349. The number of unbranched alkanes of at least 4 members (excludes halogenated alkanes) is 1. The van der Waals surface area contributed by atoms with E-state index in [1.54, 1.807) is 30.4 Å². The number of phenols is 1. The van der Waals surface area contributed by atoms with Crippen molar-refractivity contribution in [3.8, 4) is 17.2 Å². The molecule has 22 heavy (non-hydrogen) atoms. The molecule has 0 fully saturated rings. The van der Waals surface area contributed by atoms with Crippen molar-refractivity contribution in [1.82, 2.24) is 10.3 Å². The second-order valence-corrected chi connectivity index (χ2v) is 5.01. The fraction of sp³-hybridized carbons (Fsp3) is 0.467. The van der Waals surface area contributed by atoms with Crippen molar-refractivity contribution in [3.63, 3.8) is 0 Å². The van der Waals surface area contributed by atoms with Gasteiger partial charge in [0.25, 0.3) is 0 Å². The smallest absolute Gasteiger partial charge is 0.200 e. The Morgan fingerprint density at radius 2 is 1.95 bits per heavy atom. The molecular weight excluding hydrogens is 302 g/mol. The number of phenolic OH excluding ortho intramolecular Hbond substituents is 1. The largest absolute Gasteiger partial charge is 0.502 e. The van der Waals surface area contributed by atoms with Gasteiger partial charge in [0, 0.05) is 19.2 Å². The summed E-state index contributed by atoms with van der Waals surface area (Å²) in [4.78, 5) is 0. The highest BCUT2D eigenvalue weighted by Gasteiger charge is 2.10. The molecule has 0 aliphatic heterocycles. The predicted molar refractivity (Wildman–Crippen MR) is 92.1 cm³/mol. The molecule has 122 valence electrons. The molecule has 0 radical (unpaired) electrons. The third-order valence-electron chi connectivity index (χ3n) is 2.98. The van der Waals surface area contributed by atoms with Crippen molar-refractivity contribution < 1.29 is 14.6 Å². The van der Waals surface area contributed by atoms with E-state index in [4.69, 9.17) is 21.7 Å². The highest BCUT2D eigenvalue weighted by molar-refractivity contribution is 7.80. The molecule has 1 aromatic rings. The van der Waals surface area contributed by atoms with Crippen LogP contribution >= 0.6 is 12.2 Å². The van der Waals surface area contributed by atoms with Crippen LogP contribution in [0.2, 0.25) is 0 Å². The van der Waals surface area contributed by atoms with Crippen LogP contribution < -0.4 is 14.8 Å². The molecule has 6 nitrogen and oxygen atoms in total. The maximum absolute atomic E-state index is 9.86. The van der Waals surface area contributed by atoms with Crippen molar-refractivity contribution >= 4 is 23.5 Å². The van der Waals surface area contributed by atoms with Crippen LogP contribution in [-0.4, -0.2) is 49.3 Å². The predicted octanol–water partition coefficient (Wildman–Crippen LogP) is 2.35. The fourth-order valence-electron chi connectivity index (χ4n) is 1.68. The number of benzene rings is 1. The van der Waals surface area contributed by atoms with Crippen molar-refractivity contribution in [1.29, 1.82) is 0 Å². The fourth-order valence-corrected chi connectivity index (χ4v) is 1.83. The summed E-state index contributed by atoms with van der Waals surface area (Å²) >= 11 is 5.24. The highest BCUT2D eigenvalue weighted by atomic mass is 32.1. The van der Waals surface area contributed by atoms with Gasteiger partial charge in [0.05, 0.1) is 20.4 Å². The molecule has 0 unspecified atom stereocenters. The molecule has 0 aliphatic rings. The Hall–Kier alpha value is -2.02. The normalized spacial score (nSPS) is 10.5. The van der Waals surface area contributed by atoms with Gasteiger partial charge in [-0.2, -0.15) is 5.10 Å². The summed E-state index contributed by atoms with van der Waals surface area (Å²) in [6, 6.07) is 3.34. The van der Waals surface area contributed by atoms with Gasteiger partial charge in [-0.25, -0.2) is 5.01 Å². The standard InChI is InChI=1S/C15H23N3O3S/c1-5-6-7-16-15(22)18(2)17-10-11-8-12(20-3)14(19)13(9-11)21-4/h8-10,19H,5-7H2,1-4H3,(H,16,22). The molecule has 1 rings (SSSR count). The van der Waals surface area contributed by atoms with Gasteiger partial charge in [0.2, 0.25) is 5.75 Å². The second-order valence-electron chi connectivity index (χ2n) is 4.63. The highest BCUT2D eigenvalue weighted by Crippen LogP contribution is 2.36. The first-order valence-corrected chi connectivity index (χ1v) is 7.44. The number of nitrogens with one attached hydrogen (secondary N) is 1. The van der Waals surface area contributed by atoms with Gasteiger partial charge in [0.1, 0.15) is 0 Å². The first-order chi connectivity index (χ1) is 10.5. The molecule has 7 heteroatoms. The SMILES string of the molecule is CCCCNC(=S)N(C)N=Cc1cc(OC)c(O)c(OC)c1. The molecule has 0 saturated heterocycles. The van der Waals surface area contributed by atoms with Crippen LogP contribution in [-0.2, 0) is 0 Å². The van der Waals surface area contributed by atoms with Crippen molar-refractivity contribution in [2.24, 2.45) is 5.10 Å². The Morgan fingerprint density at radius 3 is 2.45 bits per heavy atom. The number of methoxy groups -OCH3 is 2. The van der Waals surface area contributed by atoms with Crippen LogP contribution in [0.1, 0.15) is 25.3 Å². The van der Waals surface area contributed by atoms with Crippen LogP contribution in [0.4, 0.5) is 0 Å². The van der Waals surface area contributed by atoms with Crippen molar-refractivity contribution in [2.75, 3.05) is 27.8 Å². The monoisotopic (exact) mass is 325 g/mol. The lowest BCUT2D eigenvalue weighted by Gasteiger charge is -2.15. The number of ether oxygens (including phenoxy) is 2. The lowest BCUT2D eigenvalue weighted by atomic mass is 10.2. The van der Waals surface area contributed by atoms with Gasteiger partial charge < -0.3 is 19.9 Å². The molecule has 0 saturated carbocycles. The molecule has 0 bridgehead atoms. The zero-order chi connectivity index (χ0) is 16.5.